The lowest BCUT2D eigenvalue weighted by molar-refractivity contribution is -0.153. The van der Waals surface area contributed by atoms with E-state index in [4.69, 9.17) is 4.74 Å². The number of carbonyl (C=O) groups excluding carboxylic acids is 3. The Morgan fingerprint density at radius 2 is 1.92 bits per heavy atom. The molecule has 0 bridgehead atoms. The Bertz CT molecular complexity index is 856. The van der Waals surface area contributed by atoms with Crippen LogP contribution >= 0.6 is 0 Å². The van der Waals surface area contributed by atoms with Crippen LogP contribution < -0.4 is 10.9 Å². The summed E-state index contributed by atoms with van der Waals surface area (Å²) in [5.74, 6) is -1.35. The average Bonchev–Trinajstić information content (AvgIpc) is 2.57. The smallest absolute Gasteiger partial charge is 0.326 e. The molecule has 2 aromatic rings. The summed E-state index contributed by atoms with van der Waals surface area (Å²) in [4.78, 5) is 46.9. The Kier molecular flexibility index (Phi) is 5.84. The summed E-state index contributed by atoms with van der Waals surface area (Å²) in [6.07, 6.45) is 0.412. The Morgan fingerprint density at radius 1 is 1.16 bits per heavy atom. The second kappa shape index (κ2) is 8.05. The van der Waals surface area contributed by atoms with Crippen molar-refractivity contribution < 1.29 is 19.1 Å². The van der Waals surface area contributed by atoms with Crippen molar-refractivity contribution in [3.05, 3.63) is 64.6 Å². The predicted octanol–water partition coefficient (Wildman–Crippen LogP) is 1.62. The van der Waals surface area contributed by atoms with Gasteiger partial charge in [0.05, 0.1) is 0 Å². The van der Waals surface area contributed by atoms with E-state index >= 15 is 0 Å². The molecule has 0 unspecified atom stereocenters. The second-order valence-corrected chi connectivity index (χ2v) is 5.43. The fourth-order valence-electron chi connectivity index (χ4n) is 2.08. The first-order chi connectivity index (χ1) is 11.9. The standard InChI is InChI=1S/C18H18N2O5/c1-12(21)14-6-5-7-15(10-14)19-18(24)13(2)25-17(23)11-20-9-4-3-8-16(20)22/h3-10,13H,11H2,1-2H3,(H,19,24)/t13-/m1/s1. The van der Waals surface area contributed by atoms with Gasteiger partial charge < -0.3 is 14.6 Å². The van der Waals surface area contributed by atoms with Gasteiger partial charge in [-0.3, -0.25) is 19.2 Å². The van der Waals surface area contributed by atoms with Gasteiger partial charge in [-0.15, -0.1) is 0 Å². The molecule has 0 aliphatic rings. The number of benzene rings is 1. The first-order valence-corrected chi connectivity index (χ1v) is 7.63. The van der Waals surface area contributed by atoms with Crippen molar-refractivity contribution in [2.24, 2.45) is 0 Å². The third-order valence-corrected chi connectivity index (χ3v) is 3.41. The Labute approximate surface area is 144 Å². The maximum absolute atomic E-state index is 12.1. The van der Waals surface area contributed by atoms with Crippen LogP contribution in [0.25, 0.3) is 0 Å². The molecule has 1 N–H and O–H groups in total. The number of nitrogens with zero attached hydrogens (tertiary/aromatic N) is 1. The summed E-state index contributed by atoms with van der Waals surface area (Å²) in [6, 6.07) is 11.0. The highest BCUT2D eigenvalue weighted by Gasteiger charge is 2.18. The Morgan fingerprint density at radius 3 is 2.60 bits per heavy atom. The SMILES string of the molecule is CC(=O)c1cccc(NC(=O)[C@@H](C)OC(=O)Cn2ccccc2=O)c1. The molecule has 0 aliphatic heterocycles. The molecule has 0 spiro atoms. The third-order valence-electron chi connectivity index (χ3n) is 3.41. The molecular formula is C18H18N2O5. The number of rotatable bonds is 6. The van der Waals surface area contributed by atoms with E-state index in [1.54, 1.807) is 30.3 Å². The maximum Gasteiger partial charge on any atom is 0.326 e. The number of hydrogen-bond acceptors (Lipinski definition) is 5. The van der Waals surface area contributed by atoms with Gasteiger partial charge in [0.15, 0.2) is 11.9 Å². The number of ketones is 1. The largest absolute Gasteiger partial charge is 0.451 e. The molecule has 7 nitrogen and oxygen atoms in total. The van der Waals surface area contributed by atoms with E-state index < -0.39 is 18.0 Å². The van der Waals surface area contributed by atoms with Gasteiger partial charge in [-0.1, -0.05) is 18.2 Å². The van der Waals surface area contributed by atoms with Gasteiger partial charge in [-0.05, 0) is 32.0 Å². The van der Waals surface area contributed by atoms with Crippen LogP contribution in [0.5, 0.6) is 0 Å². The van der Waals surface area contributed by atoms with E-state index in [0.29, 0.717) is 11.3 Å². The number of carbonyl (C=O) groups is 3. The van der Waals surface area contributed by atoms with E-state index in [1.165, 1.54) is 36.7 Å². The van der Waals surface area contributed by atoms with E-state index in [-0.39, 0.29) is 17.9 Å². The van der Waals surface area contributed by atoms with Gasteiger partial charge in [-0.2, -0.15) is 0 Å². The van der Waals surface area contributed by atoms with Crippen LogP contribution in [0.15, 0.2) is 53.5 Å². The number of esters is 1. The van der Waals surface area contributed by atoms with Gasteiger partial charge in [0.1, 0.15) is 6.54 Å². The van der Waals surface area contributed by atoms with Crippen LogP contribution in [0, 0.1) is 0 Å². The lowest BCUT2D eigenvalue weighted by atomic mass is 10.1. The lowest BCUT2D eigenvalue weighted by Crippen LogP contribution is -2.32. The molecule has 1 atom stereocenters. The van der Waals surface area contributed by atoms with E-state index in [1.807, 2.05) is 0 Å². The maximum atomic E-state index is 12.1. The minimum atomic E-state index is -1.05. The zero-order chi connectivity index (χ0) is 18.4. The number of ether oxygens (including phenoxy) is 1. The topological polar surface area (TPSA) is 94.5 Å². The van der Waals surface area contributed by atoms with E-state index in [9.17, 15) is 19.2 Å². The highest BCUT2D eigenvalue weighted by molar-refractivity contribution is 5.98. The number of anilines is 1. The van der Waals surface area contributed by atoms with Crippen LogP contribution in [-0.2, 0) is 20.9 Å². The fraction of sp³-hybridized carbons (Fsp3) is 0.222. The molecule has 2 rings (SSSR count). The highest BCUT2D eigenvalue weighted by Crippen LogP contribution is 2.12. The van der Waals surface area contributed by atoms with Crippen LogP contribution in [0.3, 0.4) is 0 Å². The lowest BCUT2D eigenvalue weighted by Gasteiger charge is -2.14. The monoisotopic (exact) mass is 342 g/mol. The van der Waals surface area contributed by atoms with Crippen molar-refractivity contribution in [2.45, 2.75) is 26.5 Å². The van der Waals surface area contributed by atoms with Crippen molar-refractivity contribution in [3.63, 3.8) is 0 Å². The zero-order valence-corrected chi connectivity index (χ0v) is 13.9. The summed E-state index contributed by atoms with van der Waals surface area (Å²) >= 11 is 0. The third kappa shape index (κ3) is 5.13. The van der Waals surface area contributed by atoms with Gasteiger partial charge in [0, 0.05) is 23.5 Å². The molecule has 1 amide bonds. The molecule has 1 aromatic heterocycles. The normalized spacial score (nSPS) is 11.4. The number of aromatic nitrogens is 1. The number of pyridine rings is 1. The van der Waals surface area contributed by atoms with Gasteiger partial charge >= 0.3 is 5.97 Å². The van der Waals surface area contributed by atoms with Crippen LogP contribution in [0.4, 0.5) is 5.69 Å². The molecule has 0 radical (unpaired) electrons. The second-order valence-electron chi connectivity index (χ2n) is 5.43. The average molecular weight is 342 g/mol. The van der Waals surface area contributed by atoms with Gasteiger partial charge in [-0.25, -0.2) is 0 Å². The number of amides is 1. The van der Waals surface area contributed by atoms with E-state index in [0.717, 1.165) is 0 Å². The molecule has 1 heterocycles. The van der Waals surface area contributed by atoms with Crippen LogP contribution in [-0.4, -0.2) is 28.3 Å². The zero-order valence-electron chi connectivity index (χ0n) is 13.9. The number of Topliss-reactive ketones (excluding diaryl/α,β-unsaturated/α-hetero) is 1. The van der Waals surface area contributed by atoms with Crippen LogP contribution in [0.1, 0.15) is 24.2 Å². The molecule has 130 valence electrons. The summed E-state index contributed by atoms with van der Waals surface area (Å²) in [7, 11) is 0. The summed E-state index contributed by atoms with van der Waals surface area (Å²) in [5.41, 5.74) is 0.559. The Hall–Kier alpha value is -3.22. The first-order valence-electron chi connectivity index (χ1n) is 7.63. The minimum Gasteiger partial charge on any atom is -0.451 e. The summed E-state index contributed by atoms with van der Waals surface area (Å²) in [5, 5.41) is 2.58. The minimum absolute atomic E-state index is 0.121. The van der Waals surface area contributed by atoms with E-state index in [2.05, 4.69) is 5.32 Å². The van der Waals surface area contributed by atoms with Crippen molar-refractivity contribution in [1.82, 2.24) is 4.57 Å². The van der Waals surface area contributed by atoms with Crippen molar-refractivity contribution in [2.75, 3.05) is 5.32 Å². The molecule has 0 fully saturated rings. The molecule has 0 aliphatic carbocycles. The summed E-state index contributed by atoms with van der Waals surface area (Å²) < 4.78 is 6.23. The highest BCUT2D eigenvalue weighted by atomic mass is 16.5. The predicted molar refractivity (Wildman–Crippen MR) is 91.3 cm³/mol. The van der Waals surface area contributed by atoms with Crippen molar-refractivity contribution in [1.29, 1.82) is 0 Å². The first kappa shape index (κ1) is 18.1. The quantitative estimate of drug-likeness (QED) is 0.636. The number of nitrogens with one attached hydrogen (secondary N) is 1. The van der Waals surface area contributed by atoms with Crippen molar-refractivity contribution in [3.8, 4) is 0 Å². The summed E-state index contributed by atoms with van der Waals surface area (Å²) in [6.45, 7) is 2.57. The molecule has 7 heteroatoms. The van der Waals surface area contributed by atoms with Crippen LogP contribution in [0.2, 0.25) is 0 Å². The fourth-order valence-corrected chi connectivity index (χ4v) is 2.08. The molecule has 1 aromatic carbocycles. The van der Waals surface area contributed by atoms with Crippen molar-refractivity contribution >= 4 is 23.3 Å². The van der Waals surface area contributed by atoms with Gasteiger partial charge in [0.2, 0.25) is 0 Å². The Balaban J connectivity index is 1.95. The van der Waals surface area contributed by atoms with Gasteiger partial charge in [0.25, 0.3) is 11.5 Å². The molecular weight excluding hydrogens is 324 g/mol. The molecule has 0 saturated heterocycles. The molecule has 0 saturated carbocycles. The number of hydrogen-bond donors (Lipinski definition) is 1. The molecule has 25 heavy (non-hydrogen) atoms.